The van der Waals surface area contributed by atoms with E-state index in [1.54, 1.807) is 6.07 Å². The molecule has 1 aliphatic carbocycles. The topological polar surface area (TPSA) is 76.3 Å². The van der Waals surface area contributed by atoms with Gasteiger partial charge in [0.1, 0.15) is 0 Å². The average molecular weight is 324 g/mol. The van der Waals surface area contributed by atoms with Gasteiger partial charge in [-0.25, -0.2) is 9.88 Å². The van der Waals surface area contributed by atoms with Crippen LogP contribution in [-0.4, -0.2) is 16.8 Å². The fourth-order valence-electron chi connectivity index (χ4n) is 2.98. The maximum Gasteiger partial charge on any atom is 0.238 e. The molecular formula is C13H14BrN3O2. The molecule has 19 heavy (non-hydrogen) atoms. The number of fused-ring (bicyclic) bond motifs is 1. The van der Waals surface area contributed by atoms with Crippen LogP contribution in [0, 0.1) is 11.8 Å². The Labute approximate surface area is 119 Å². The van der Waals surface area contributed by atoms with Crippen molar-refractivity contribution in [2.45, 2.75) is 25.7 Å². The third-order valence-electron chi connectivity index (χ3n) is 3.90. The van der Waals surface area contributed by atoms with Crippen molar-refractivity contribution in [1.82, 2.24) is 4.98 Å². The predicted octanol–water partition coefficient (Wildman–Crippen LogP) is 2.11. The van der Waals surface area contributed by atoms with Crippen molar-refractivity contribution in [1.29, 1.82) is 0 Å². The van der Waals surface area contributed by atoms with Crippen LogP contribution in [0.15, 0.2) is 16.7 Å². The number of hydrogen-bond donors (Lipinski definition) is 1. The molecule has 0 radical (unpaired) electrons. The minimum Gasteiger partial charge on any atom is -0.397 e. The summed E-state index contributed by atoms with van der Waals surface area (Å²) < 4.78 is 0.577. The van der Waals surface area contributed by atoms with Crippen LogP contribution in [0.2, 0.25) is 0 Å². The van der Waals surface area contributed by atoms with Crippen molar-refractivity contribution >= 4 is 39.2 Å². The summed E-state index contributed by atoms with van der Waals surface area (Å²) in [5, 5.41) is 0. The Kier molecular flexibility index (Phi) is 3.05. The van der Waals surface area contributed by atoms with Gasteiger partial charge >= 0.3 is 0 Å². The molecule has 2 N–H and O–H groups in total. The molecular weight excluding hydrogens is 310 g/mol. The molecule has 0 spiro atoms. The Balaban J connectivity index is 2.00. The second-order valence-electron chi connectivity index (χ2n) is 5.08. The molecule has 3 rings (SSSR count). The van der Waals surface area contributed by atoms with Gasteiger partial charge in [0.05, 0.1) is 28.2 Å². The fraction of sp³-hybridized carbons (Fsp3) is 0.462. The van der Waals surface area contributed by atoms with Crippen molar-refractivity contribution in [2.24, 2.45) is 11.8 Å². The summed E-state index contributed by atoms with van der Waals surface area (Å²) in [7, 11) is 0. The van der Waals surface area contributed by atoms with Gasteiger partial charge in [0.15, 0.2) is 5.82 Å². The van der Waals surface area contributed by atoms with Crippen LogP contribution in [0.5, 0.6) is 0 Å². The zero-order chi connectivity index (χ0) is 13.6. The quantitative estimate of drug-likeness (QED) is 0.803. The summed E-state index contributed by atoms with van der Waals surface area (Å²) in [4.78, 5) is 30.2. The minimum absolute atomic E-state index is 0.118. The lowest BCUT2D eigenvalue weighted by molar-refractivity contribution is -0.122. The number of rotatable bonds is 1. The van der Waals surface area contributed by atoms with E-state index in [1.165, 1.54) is 11.1 Å². The van der Waals surface area contributed by atoms with E-state index in [2.05, 4.69) is 20.9 Å². The van der Waals surface area contributed by atoms with Crippen LogP contribution in [0.4, 0.5) is 11.5 Å². The number of aromatic nitrogens is 1. The molecule has 2 fully saturated rings. The van der Waals surface area contributed by atoms with Crippen molar-refractivity contribution in [3.05, 3.63) is 16.7 Å². The standard InChI is InChI=1S/C13H14BrN3O2/c14-10-5-7(15)6-16-11(10)17-12(18)8-3-1-2-4-9(8)13(17)19/h5-6,8-9H,1-4,15H2. The van der Waals surface area contributed by atoms with E-state index >= 15 is 0 Å². The van der Waals surface area contributed by atoms with Gasteiger partial charge in [-0.3, -0.25) is 9.59 Å². The molecule has 1 saturated heterocycles. The molecule has 100 valence electrons. The summed E-state index contributed by atoms with van der Waals surface area (Å²) in [6.45, 7) is 0. The molecule has 5 nitrogen and oxygen atoms in total. The number of anilines is 2. The Morgan fingerprint density at radius 2 is 1.79 bits per heavy atom. The highest BCUT2D eigenvalue weighted by Gasteiger charge is 2.49. The van der Waals surface area contributed by atoms with E-state index in [1.807, 2.05) is 0 Å². The molecule has 0 aromatic carbocycles. The number of nitrogens with two attached hydrogens (primary N) is 1. The number of nitrogen functional groups attached to an aromatic ring is 1. The van der Waals surface area contributed by atoms with Crippen molar-refractivity contribution in [2.75, 3.05) is 10.6 Å². The van der Waals surface area contributed by atoms with Crippen LogP contribution >= 0.6 is 15.9 Å². The first-order chi connectivity index (χ1) is 9.09. The number of carbonyl (C=O) groups excluding carboxylic acids is 2. The first kappa shape index (κ1) is 12.6. The van der Waals surface area contributed by atoms with Crippen LogP contribution in [0.1, 0.15) is 25.7 Å². The smallest absolute Gasteiger partial charge is 0.238 e. The largest absolute Gasteiger partial charge is 0.397 e. The summed E-state index contributed by atoms with van der Waals surface area (Å²) in [6.07, 6.45) is 5.11. The normalized spacial score (nSPS) is 26.7. The molecule has 6 heteroatoms. The highest BCUT2D eigenvalue weighted by atomic mass is 79.9. The maximum absolute atomic E-state index is 12.4. The Morgan fingerprint density at radius 3 is 2.32 bits per heavy atom. The van der Waals surface area contributed by atoms with Gasteiger partial charge < -0.3 is 5.73 Å². The first-order valence-electron chi connectivity index (χ1n) is 6.38. The zero-order valence-electron chi connectivity index (χ0n) is 10.3. The van der Waals surface area contributed by atoms with Crippen LogP contribution in [-0.2, 0) is 9.59 Å². The summed E-state index contributed by atoms with van der Waals surface area (Å²) in [6, 6.07) is 1.66. The number of nitrogens with zero attached hydrogens (tertiary/aromatic N) is 2. The monoisotopic (exact) mass is 323 g/mol. The molecule has 1 aromatic heterocycles. The minimum atomic E-state index is -0.160. The van der Waals surface area contributed by atoms with Gasteiger partial charge in [0, 0.05) is 0 Å². The van der Waals surface area contributed by atoms with E-state index in [9.17, 15) is 9.59 Å². The van der Waals surface area contributed by atoms with E-state index in [4.69, 9.17) is 5.73 Å². The van der Waals surface area contributed by atoms with Gasteiger partial charge in [-0.1, -0.05) is 12.8 Å². The third kappa shape index (κ3) is 1.94. The molecule has 2 atom stereocenters. The molecule has 2 aliphatic rings. The van der Waals surface area contributed by atoms with Crippen molar-refractivity contribution in [3.8, 4) is 0 Å². The predicted molar refractivity (Wildman–Crippen MR) is 74.3 cm³/mol. The number of hydrogen-bond acceptors (Lipinski definition) is 4. The summed E-state index contributed by atoms with van der Waals surface area (Å²) >= 11 is 3.32. The summed E-state index contributed by atoms with van der Waals surface area (Å²) in [5.41, 5.74) is 6.12. The maximum atomic E-state index is 12.4. The average Bonchev–Trinajstić information content (AvgIpc) is 2.64. The number of amides is 2. The molecule has 1 aliphatic heterocycles. The van der Waals surface area contributed by atoms with Crippen molar-refractivity contribution < 1.29 is 9.59 Å². The second kappa shape index (κ2) is 4.59. The number of halogens is 1. The van der Waals surface area contributed by atoms with Crippen LogP contribution in [0.25, 0.3) is 0 Å². The highest BCUT2D eigenvalue weighted by molar-refractivity contribution is 9.10. The van der Waals surface area contributed by atoms with Gasteiger partial charge in [-0.15, -0.1) is 0 Å². The van der Waals surface area contributed by atoms with E-state index in [0.717, 1.165) is 25.7 Å². The molecule has 0 bridgehead atoms. The molecule has 2 heterocycles. The Hall–Kier alpha value is -1.43. The van der Waals surface area contributed by atoms with Gasteiger partial charge in [0.25, 0.3) is 0 Å². The second-order valence-corrected chi connectivity index (χ2v) is 5.94. The molecule has 1 saturated carbocycles. The Bertz CT molecular complexity index is 537. The highest BCUT2D eigenvalue weighted by Crippen LogP contribution is 2.41. The number of pyridine rings is 1. The number of carbonyl (C=O) groups is 2. The third-order valence-corrected chi connectivity index (χ3v) is 4.48. The van der Waals surface area contributed by atoms with Crippen LogP contribution < -0.4 is 10.6 Å². The van der Waals surface area contributed by atoms with Gasteiger partial charge in [-0.05, 0) is 34.8 Å². The molecule has 1 aromatic rings. The Morgan fingerprint density at radius 1 is 1.21 bits per heavy atom. The SMILES string of the molecule is Nc1cnc(N2C(=O)C3CCCCC3C2=O)c(Br)c1. The summed E-state index contributed by atoms with van der Waals surface area (Å²) in [5.74, 6) is -0.195. The molecule has 2 amide bonds. The lowest BCUT2D eigenvalue weighted by Crippen LogP contribution is -2.32. The van der Waals surface area contributed by atoms with E-state index in [0.29, 0.717) is 16.0 Å². The fourth-order valence-corrected chi connectivity index (χ4v) is 3.53. The zero-order valence-corrected chi connectivity index (χ0v) is 11.9. The first-order valence-corrected chi connectivity index (χ1v) is 7.17. The lowest BCUT2D eigenvalue weighted by Gasteiger charge is -2.19. The van der Waals surface area contributed by atoms with Gasteiger partial charge in [-0.2, -0.15) is 0 Å². The van der Waals surface area contributed by atoms with Gasteiger partial charge in [0.2, 0.25) is 11.8 Å². The lowest BCUT2D eigenvalue weighted by atomic mass is 9.81. The van der Waals surface area contributed by atoms with Crippen molar-refractivity contribution in [3.63, 3.8) is 0 Å². The molecule has 2 unspecified atom stereocenters. The van der Waals surface area contributed by atoms with E-state index < -0.39 is 0 Å². The number of imide groups is 1. The van der Waals surface area contributed by atoms with E-state index in [-0.39, 0.29) is 23.7 Å². The van der Waals surface area contributed by atoms with Crippen LogP contribution in [0.3, 0.4) is 0 Å².